The molecule has 0 saturated heterocycles. The van der Waals surface area contributed by atoms with Crippen LogP contribution < -0.4 is 15.4 Å². The Morgan fingerprint density at radius 3 is 2.15 bits per heavy atom. The molecule has 0 heterocycles. The number of hydrogen-bond acceptors (Lipinski definition) is 3. The maximum atomic E-state index is 12.1. The van der Waals surface area contributed by atoms with Gasteiger partial charge in [-0.25, -0.2) is 0 Å². The first-order valence-corrected chi connectivity index (χ1v) is 9.21. The summed E-state index contributed by atoms with van der Waals surface area (Å²) in [5, 5.41) is 5.58. The van der Waals surface area contributed by atoms with Crippen molar-refractivity contribution in [3.63, 3.8) is 0 Å². The van der Waals surface area contributed by atoms with Gasteiger partial charge in [0.1, 0.15) is 5.75 Å². The van der Waals surface area contributed by atoms with Crippen molar-refractivity contribution >= 4 is 17.5 Å². The van der Waals surface area contributed by atoms with Gasteiger partial charge in [0.15, 0.2) is 6.61 Å². The standard InChI is InChI=1S/C22H28N2O3/c1-5-14-23-21(26)16-6-10-18(11-7-16)24-20(25)15-27-19-12-8-17(9-13-19)22(2,3)4/h6-13H,5,14-15H2,1-4H3,(H,23,26)(H,24,25). The molecule has 27 heavy (non-hydrogen) atoms. The molecule has 0 aliphatic rings. The van der Waals surface area contributed by atoms with Gasteiger partial charge in [0.05, 0.1) is 0 Å². The molecular weight excluding hydrogens is 340 g/mol. The molecule has 0 atom stereocenters. The highest BCUT2D eigenvalue weighted by Crippen LogP contribution is 2.24. The van der Waals surface area contributed by atoms with Crippen molar-refractivity contribution in [3.05, 3.63) is 59.7 Å². The predicted octanol–water partition coefficient (Wildman–Crippen LogP) is 4.14. The van der Waals surface area contributed by atoms with Crippen LogP contribution in [0.2, 0.25) is 0 Å². The Morgan fingerprint density at radius 1 is 0.963 bits per heavy atom. The van der Waals surface area contributed by atoms with E-state index in [0.29, 0.717) is 23.5 Å². The molecule has 5 heteroatoms. The van der Waals surface area contributed by atoms with Crippen molar-refractivity contribution in [2.24, 2.45) is 0 Å². The van der Waals surface area contributed by atoms with E-state index in [1.54, 1.807) is 24.3 Å². The zero-order chi connectivity index (χ0) is 19.9. The Balaban J connectivity index is 1.84. The predicted molar refractivity (Wildman–Crippen MR) is 108 cm³/mol. The van der Waals surface area contributed by atoms with Gasteiger partial charge in [0.2, 0.25) is 0 Å². The molecule has 0 aromatic heterocycles. The first-order valence-electron chi connectivity index (χ1n) is 9.21. The lowest BCUT2D eigenvalue weighted by molar-refractivity contribution is -0.118. The minimum absolute atomic E-state index is 0.0758. The molecule has 2 N–H and O–H groups in total. The van der Waals surface area contributed by atoms with Crippen LogP contribution >= 0.6 is 0 Å². The van der Waals surface area contributed by atoms with E-state index < -0.39 is 0 Å². The van der Waals surface area contributed by atoms with Gasteiger partial charge in [-0.3, -0.25) is 9.59 Å². The smallest absolute Gasteiger partial charge is 0.262 e. The largest absolute Gasteiger partial charge is 0.484 e. The monoisotopic (exact) mass is 368 g/mol. The molecule has 144 valence electrons. The van der Waals surface area contributed by atoms with Crippen molar-refractivity contribution in [2.45, 2.75) is 39.5 Å². The molecule has 0 saturated carbocycles. The molecule has 0 fully saturated rings. The van der Waals surface area contributed by atoms with Gasteiger partial charge in [0.25, 0.3) is 11.8 Å². The average molecular weight is 368 g/mol. The van der Waals surface area contributed by atoms with Crippen LogP contribution in [0.3, 0.4) is 0 Å². The number of rotatable bonds is 7. The summed E-state index contributed by atoms with van der Waals surface area (Å²) < 4.78 is 5.54. The number of nitrogens with one attached hydrogen (secondary N) is 2. The molecule has 2 aromatic rings. The summed E-state index contributed by atoms with van der Waals surface area (Å²) >= 11 is 0. The molecule has 0 aliphatic carbocycles. The summed E-state index contributed by atoms with van der Waals surface area (Å²) in [7, 11) is 0. The van der Waals surface area contributed by atoms with E-state index in [0.717, 1.165) is 6.42 Å². The molecule has 0 aliphatic heterocycles. The van der Waals surface area contributed by atoms with E-state index in [4.69, 9.17) is 4.74 Å². The third-order valence-electron chi connectivity index (χ3n) is 4.06. The van der Waals surface area contributed by atoms with Crippen LogP contribution in [0.25, 0.3) is 0 Å². The van der Waals surface area contributed by atoms with E-state index in [1.165, 1.54) is 5.56 Å². The van der Waals surface area contributed by atoms with Crippen molar-refractivity contribution in [3.8, 4) is 5.75 Å². The Morgan fingerprint density at radius 2 is 1.59 bits per heavy atom. The second-order valence-corrected chi connectivity index (χ2v) is 7.44. The van der Waals surface area contributed by atoms with Crippen LogP contribution in [0.15, 0.2) is 48.5 Å². The number of carbonyl (C=O) groups excluding carboxylic acids is 2. The highest BCUT2D eigenvalue weighted by Gasteiger charge is 2.13. The van der Waals surface area contributed by atoms with Gasteiger partial charge < -0.3 is 15.4 Å². The summed E-state index contributed by atoms with van der Waals surface area (Å²) in [5.74, 6) is 0.288. The highest BCUT2D eigenvalue weighted by molar-refractivity contribution is 5.96. The van der Waals surface area contributed by atoms with Crippen LogP contribution in [-0.4, -0.2) is 25.0 Å². The number of hydrogen-bond donors (Lipinski definition) is 2. The molecular formula is C22H28N2O3. The molecule has 0 bridgehead atoms. The van der Waals surface area contributed by atoms with E-state index in [1.807, 2.05) is 31.2 Å². The van der Waals surface area contributed by atoms with Crippen molar-refractivity contribution < 1.29 is 14.3 Å². The first kappa shape index (κ1) is 20.5. The summed E-state index contributed by atoms with van der Waals surface area (Å²) in [4.78, 5) is 23.9. The molecule has 0 radical (unpaired) electrons. The minimum atomic E-state index is -0.252. The highest BCUT2D eigenvalue weighted by atomic mass is 16.5. The fraction of sp³-hybridized carbons (Fsp3) is 0.364. The Kier molecular flexibility index (Phi) is 6.99. The van der Waals surface area contributed by atoms with Crippen LogP contribution in [0.5, 0.6) is 5.75 Å². The lowest BCUT2D eigenvalue weighted by Gasteiger charge is -2.19. The Labute approximate surface area is 161 Å². The number of ether oxygens (including phenoxy) is 1. The van der Waals surface area contributed by atoms with E-state index in [9.17, 15) is 9.59 Å². The summed E-state index contributed by atoms with van der Waals surface area (Å²) in [5.41, 5.74) is 2.48. The van der Waals surface area contributed by atoms with Gasteiger partial charge in [-0.2, -0.15) is 0 Å². The van der Waals surface area contributed by atoms with Crippen LogP contribution in [-0.2, 0) is 10.2 Å². The summed E-state index contributed by atoms with van der Waals surface area (Å²) in [6.07, 6.45) is 0.888. The molecule has 2 rings (SSSR count). The second kappa shape index (κ2) is 9.21. The molecule has 2 amide bonds. The zero-order valence-electron chi connectivity index (χ0n) is 16.5. The number of amides is 2. The topological polar surface area (TPSA) is 67.4 Å². The molecule has 2 aromatic carbocycles. The lowest BCUT2D eigenvalue weighted by atomic mass is 9.87. The normalized spacial score (nSPS) is 11.0. The number of benzene rings is 2. The minimum Gasteiger partial charge on any atom is -0.484 e. The van der Waals surface area contributed by atoms with Crippen molar-refractivity contribution in [1.82, 2.24) is 5.32 Å². The SMILES string of the molecule is CCCNC(=O)c1ccc(NC(=O)COc2ccc(C(C)(C)C)cc2)cc1. The third-order valence-corrected chi connectivity index (χ3v) is 4.06. The molecule has 0 spiro atoms. The number of anilines is 1. The molecule has 5 nitrogen and oxygen atoms in total. The van der Waals surface area contributed by atoms with Gasteiger partial charge >= 0.3 is 0 Å². The van der Waals surface area contributed by atoms with E-state index in [-0.39, 0.29) is 23.8 Å². The average Bonchev–Trinajstić information content (AvgIpc) is 2.64. The van der Waals surface area contributed by atoms with Crippen molar-refractivity contribution in [1.29, 1.82) is 0 Å². The third kappa shape index (κ3) is 6.44. The zero-order valence-corrected chi connectivity index (χ0v) is 16.5. The fourth-order valence-corrected chi connectivity index (χ4v) is 2.44. The Bertz CT molecular complexity index is 760. The van der Waals surface area contributed by atoms with E-state index >= 15 is 0 Å². The lowest BCUT2D eigenvalue weighted by Crippen LogP contribution is -2.24. The van der Waals surface area contributed by atoms with Crippen LogP contribution in [0.4, 0.5) is 5.69 Å². The Hall–Kier alpha value is -2.82. The second-order valence-electron chi connectivity index (χ2n) is 7.44. The van der Waals surface area contributed by atoms with E-state index in [2.05, 4.69) is 31.4 Å². The van der Waals surface area contributed by atoms with Gasteiger partial charge in [-0.05, 0) is 53.8 Å². The summed E-state index contributed by atoms with van der Waals surface area (Å²) in [6.45, 7) is 9.01. The maximum Gasteiger partial charge on any atom is 0.262 e. The number of carbonyl (C=O) groups is 2. The maximum absolute atomic E-state index is 12.1. The van der Waals surface area contributed by atoms with Crippen LogP contribution in [0.1, 0.15) is 50.0 Å². The molecule has 0 unspecified atom stereocenters. The van der Waals surface area contributed by atoms with Crippen molar-refractivity contribution in [2.75, 3.05) is 18.5 Å². The van der Waals surface area contributed by atoms with Crippen LogP contribution in [0, 0.1) is 0 Å². The fourth-order valence-electron chi connectivity index (χ4n) is 2.44. The summed E-state index contributed by atoms with van der Waals surface area (Å²) in [6, 6.07) is 14.5. The van der Waals surface area contributed by atoms with Gasteiger partial charge in [-0.15, -0.1) is 0 Å². The first-order chi connectivity index (χ1) is 12.8. The van der Waals surface area contributed by atoms with Gasteiger partial charge in [-0.1, -0.05) is 39.8 Å². The van der Waals surface area contributed by atoms with Gasteiger partial charge in [0, 0.05) is 17.8 Å². The quantitative estimate of drug-likeness (QED) is 0.772.